The van der Waals surface area contributed by atoms with E-state index >= 15 is 0 Å². The first-order chi connectivity index (χ1) is 11.2. The summed E-state index contributed by atoms with van der Waals surface area (Å²) in [6.45, 7) is 1.60. The summed E-state index contributed by atoms with van der Waals surface area (Å²) in [6.07, 6.45) is 7.80. The molecule has 23 heavy (non-hydrogen) atoms. The average Bonchev–Trinajstić information content (AvgIpc) is 3.07. The summed E-state index contributed by atoms with van der Waals surface area (Å²) in [5, 5.41) is 15.3. The summed E-state index contributed by atoms with van der Waals surface area (Å²) in [6, 6.07) is 2.38. The maximum atomic E-state index is 12.3. The molecule has 4 rings (SSSR count). The molecule has 3 heterocycles. The number of nitrogens with one attached hydrogen (secondary N) is 1. The molecule has 0 bridgehead atoms. The molecule has 0 aromatic carbocycles. The average molecular weight is 312 g/mol. The van der Waals surface area contributed by atoms with Crippen LogP contribution in [-0.4, -0.2) is 57.4 Å². The van der Waals surface area contributed by atoms with Crippen LogP contribution in [0.1, 0.15) is 34.5 Å². The fraction of sp³-hybridized carbons (Fsp3) is 0.500. The van der Waals surface area contributed by atoms with Gasteiger partial charge in [-0.25, -0.2) is 0 Å². The topological polar surface area (TPSA) is 78.0 Å². The van der Waals surface area contributed by atoms with E-state index in [1.807, 2.05) is 7.05 Å². The van der Waals surface area contributed by atoms with E-state index in [1.54, 1.807) is 17.3 Å². The van der Waals surface area contributed by atoms with Gasteiger partial charge in [-0.15, -0.1) is 5.10 Å². The van der Waals surface area contributed by atoms with Gasteiger partial charge in [0.05, 0.1) is 23.5 Å². The van der Waals surface area contributed by atoms with Crippen LogP contribution in [0.2, 0.25) is 0 Å². The van der Waals surface area contributed by atoms with Crippen LogP contribution in [0.5, 0.6) is 0 Å². The smallest absolute Gasteiger partial charge is 0.257 e. The number of amides is 1. The van der Waals surface area contributed by atoms with Crippen molar-refractivity contribution < 1.29 is 4.79 Å². The number of aromatic nitrogens is 4. The van der Waals surface area contributed by atoms with E-state index in [4.69, 9.17) is 0 Å². The zero-order valence-corrected chi connectivity index (χ0v) is 13.2. The van der Waals surface area contributed by atoms with E-state index in [2.05, 4.69) is 31.4 Å². The van der Waals surface area contributed by atoms with E-state index in [9.17, 15) is 4.79 Å². The molecule has 1 saturated heterocycles. The highest BCUT2D eigenvalue weighted by atomic mass is 16.2. The Morgan fingerprint density at radius 2 is 2.13 bits per heavy atom. The fourth-order valence-electron chi connectivity index (χ4n) is 3.26. The fourth-order valence-corrected chi connectivity index (χ4v) is 3.26. The molecule has 2 aromatic rings. The Morgan fingerprint density at radius 1 is 1.30 bits per heavy atom. The van der Waals surface area contributed by atoms with Crippen molar-refractivity contribution in [2.45, 2.75) is 31.7 Å². The van der Waals surface area contributed by atoms with Crippen LogP contribution in [-0.2, 0) is 12.8 Å². The lowest BCUT2D eigenvalue weighted by atomic mass is 9.96. The molecule has 1 amide bonds. The third-order valence-corrected chi connectivity index (χ3v) is 4.86. The van der Waals surface area contributed by atoms with Crippen LogP contribution < -0.4 is 4.90 Å². The SMILES string of the molecule is CN(C(=O)c1cn[nH]c1)C1CN(c2cc3c(nn2)CCCC3)C1. The van der Waals surface area contributed by atoms with Gasteiger partial charge in [-0.3, -0.25) is 9.89 Å². The number of likely N-dealkylation sites (N-methyl/N-ethyl adjacent to an activating group) is 1. The second kappa shape index (κ2) is 5.64. The van der Waals surface area contributed by atoms with Crippen molar-refractivity contribution in [3.05, 3.63) is 35.3 Å². The number of aromatic amines is 1. The molecule has 0 saturated carbocycles. The summed E-state index contributed by atoms with van der Waals surface area (Å²) >= 11 is 0. The van der Waals surface area contributed by atoms with Crippen molar-refractivity contribution in [1.29, 1.82) is 0 Å². The summed E-state index contributed by atoms with van der Waals surface area (Å²) in [4.78, 5) is 16.3. The van der Waals surface area contributed by atoms with Crippen LogP contribution >= 0.6 is 0 Å². The predicted molar refractivity (Wildman–Crippen MR) is 85.4 cm³/mol. The van der Waals surface area contributed by atoms with E-state index < -0.39 is 0 Å². The number of fused-ring (bicyclic) bond motifs is 1. The van der Waals surface area contributed by atoms with Crippen LogP contribution in [0, 0.1) is 0 Å². The van der Waals surface area contributed by atoms with Crippen LogP contribution in [0.25, 0.3) is 0 Å². The van der Waals surface area contributed by atoms with Crippen molar-refractivity contribution >= 4 is 11.7 Å². The minimum atomic E-state index is -0.0000693. The van der Waals surface area contributed by atoms with Gasteiger partial charge in [-0.1, -0.05) is 0 Å². The van der Waals surface area contributed by atoms with Gasteiger partial charge in [0.1, 0.15) is 0 Å². The van der Waals surface area contributed by atoms with E-state index in [-0.39, 0.29) is 11.9 Å². The second-order valence-electron chi connectivity index (χ2n) is 6.34. The Bertz CT molecular complexity index is 707. The van der Waals surface area contributed by atoms with Crippen molar-refractivity contribution in [3.63, 3.8) is 0 Å². The van der Waals surface area contributed by atoms with E-state index in [0.29, 0.717) is 5.56 Å². The summed E-state index contributed by atoms with van der Waals surface area (Å²) in [5.74, 6) is 0.936. The number of hydrogen-bond acceptors (Lipinski definition) is 5. The van der Waals surface area contributed by atoms with Gasteiger partial charge in [-0.2, -0.15) is 10.2 Å². The molecular formula is C16H20N6O. The van der Waals surface area contributed by atoms with Crippen molar-refractivity contribution in [1.82, 2.24) is 25.3 Å². The molecule has 1 fully saturated rings. The maximum Gasteiger partial charge on any atom is 0.257 e. The Hall–Kier alpha value is -2.44. The summed E-state index contributed by atoms with van der Waals surface area (Å²) in [5.41, 5.74) is 3.09. The highest BCUT2D eigenvalue weighted by Gasteiger charge is 2.34. The quantitative estimate of drug-likeness (QED) is 0.916. The third-order valence-electron chi connectivity index (χ3n) is 4.86. The Kier molecular flexibility index (Phi) is 3.48. The second-order valence-corrected chi connectivity index (χ2v) is 6.34. The van der Waals surface area contributed by atoms with Gasteiger partial charge in [0, 0.05) is 26.3 Å². The Balaban J connectivity index is 1.40. The number of aryl methyl sites for hydroxylation is 2. The first-order valence-electron chi connectivity index (χ1n) is 8.09. The van der Waals surface area contributed by atoms with Crippen LogP contribution in [0.3, 0.4) is 0 Å². The minimum Gasteiger partial charge on any atom is -0.351 e. The van der Waals surface area contributed by atoms with E-state index in [1.165, 1.54) is 18.4 Å². The number of nitrogens with zero attached hydrogens (tertiary/aromatic N) is 5. The molecule has 7 nitrogen and oxygen atoms in total. The Labute approximate surface area is 134 Å². The number of carbonyl (C=O) groups excluding carboxylic acids is 1. The standard InChI is InChI=1S/C16H20N6O/c1-21(16(23)12-7-17-18-8-12)13-9-22(10-13)15-6-11-4-2-3-5-14(11)19-20-15/h6-8,13H,2-5,9-10H2,1H3,(H,17,18). The lowest BCUT2D eigenvalue weighted by molar-refractivity contribution is 0.0705. The van der Waals surface area contributed by atoms with Crippen molar-refractivity contribution in [2.75, 3.05) is 25.0 Å². The summed E-state index contributed by atoms with van der Waals surface area (Å²) in [7, 11) is 1.84. The van der Waals surface area contributed by atoms with E-state index in [0.717, 1.165) is 37.4 Å². The first kappa shape index (κ1) is 14.2. The lowest BCUT2D eigenvalue weighted by Crippen LogP contribution is -2.60. The molecule has 2 aliphatic rings. The number of H-pyrrole nitrogens is 1. The normalized spacial score (nSPS) is 17.5. The molecule has 0 spiro atoms. The number of rotatable bonds is 3. The van der Waals surface area contributed by atoms with Crippen molar-refractivity contribution in [2.24, 2.45) is 0 Å². The molecular weight excluding hydrogens is 292 g/mol. The largest absolute Gasteiger partial charge is 0.351 e. The van der Waals surface area contributed by atoms with Crippen LogP contribution in [0.4, 0.5) is 5.82 Å². The van der Waals surface area contributed by atoms with Gasteiger partial charge in [0.2, 0.25) is 0 Å². The monoisotopic (exact) mass is 312 g/mol. The molecule has 0 atom stereocenters. The minimum absolute atomic E-state index is 0.0000693. The molecule has 1 N–H and O–H groups in total. The zero-order valence-electron chi connectivity index (χ0n) is 13.2. The van der Waals surface area contributed by atoms with Gasteiger partial charge >= 0.3 is 0 Å². The molecule has 120 valence electrons. The Morgan fingerprint density at radius 3 is 2.91 bits per heavy atom. The molecule has 0 radical (unpaired) electrons. The molecule has 1 aliphatic carbocycles. The van der Waals surface area contributed by atoms with Gasteiger partial charge in [-0.05, 0) is 37.3 Å². The number of carbonyl (C=O) groups is 1. The first-order valence-corrected chi connectivity index (χ1v) is 8.09. The van der Waals surface area contributed by atoms with Crippen molar-refractivity contribution in [3.8, 4) is 0 Å². The number of anilines is 1. The predicted octanol–water partition coefficient (Wildman–Crippen LogP) is 1.04. The zero-order chi connectivity index (χ0) is 15.8. The molecule has 7 heteroatoms. The van der Waals surface area contributed by atoms with Gasteiger partial charge in [0.15, 0.2) is 5.82 Å². The van der Waals surface area contributed by atoms with Crippen LogP contribution in [0.15, 0.2) is 18.5 Å². The molecule has 2 aromatic heterocycles. The summed E-state index contributed by atoms with van der Waals surface area (Å²) < 4.78 is 0. The molecule has 1 aliphatic heterocycles. The third kappa shape index (κ3) is 2.56. The van der Waals surface area contributed by atoms with Gasteiger partial charge in [0.25, 0.3) is 5.91 Å². The number of hydrogen-bond donors (Lipinski definition) is 1. The lowest BCUT2D eigenvalue weighted by Gasteiger charge is -2.44. The highest BCUT2D eigenvalue weighted by molar-refractivity contribution is 5.93. The van der Waals surface area contributed by atoms with Gasteiger partial charge < -0.3 is 9.80 Å². The molecule has 0 unspecified atom stereocenters. The maximum absolute atomic E-state index is 12.3. The highest BCUT2D eigenvalue weighted by Crippen LogP contribution is 2.26.